The maximum atomic E-state index is 12.5. The van der Waals surface area contributed by atoms with Crippen LogP contribution in [0, 0.1) is 0 Å². The predicted molar refractivity (Wildman–Crippen MR) is 93.3 cm³/mol. The van der Waals surface area contributed by atoms with E-state index < -0.39 is 0 Å². The molecule has 1 aromatic carbocycles. The van der Waals surface area contributed by atoms with E-state index in [4.69, 9.17) is 11.6 Å². The molecule has 23 heavy (non-hydrogen) atoms. The van der Waals surface area contributed by atoms with E-state index in [0.29, 0.717) is 29.6 Å². The molecule has 0 saturated carbocycles. The molecule has 1 amide bonds. The van der Waals surface area contributed by atoms with Crippen molar-refractivity contribution >= 4 is 28.4 Å². The number of carbonyl (C=O) groups excluding carboxylic acids is 1. The van der Waals surface area contributed by atoms with Crippen molar-refractivity contribution in [2.45, 2.75) is 13.8 Å². The smallest absolute Gasteiger partial charge is 0.272 e. The number of amides is 1. The minimum Gasteiger partial charge on any atom is -0.338 e. The number of nitrogens with zero attached hydrogens (tertiary/aromatic N) is 3. The number of hydrogen-bond donors (Lipinski definition) is 0. The molecule has 2 heterocycles. The fraction of sp³-hybridized carbons (Fsp3) is 0.222. The zero-order chi connectivity index (χ0) is 16.4. The lowest BCUT2D eigenvalue weighted by molar-refractivity contribution is 0.0767. The Balaban J connectivity index is 2.09. The number of hydrogen-bond acceptors (Lipinski definition) is 2. The van der Waals surface area contributed by atoms with Gasteiger partial charge in [-0.25, -0.2) is 4.98 Å². The molecule has 0 fully saturated rings. The predicted octanol–water partition coefficient (Wildman–Crippen LogP) is 4.16. The van der Waals surface area contributed by atoms with Gasteiger partial charge in [-0.1, -0.05) is 29.8 Å². The monoisotopic (exact) mass is 327 g/mol. The summed E-state index contributed by atoms with van der Waals surface area (Å²) < 4.78 is 1.94. The van der Waals surface area contributed by atoms with Gasteiger partial charge in [0.15, 0.2) is 0 Å². The highest BCUT2D eigenvalue weighted by Crippen LogP contribution is 2.22. The average molecular weight is 328 g/mol. The topological polar surface area (TPSA) is 38.1 Å². The van der Waals surface area contributed by atoms with Crippen molar-refractivity contribution in [1.82, 2.24) is 14.5 Å². The molecule has 2 aromatic heterocycles. The van der Waals surface area contributed by atoms with E-state index in [1.54, 1.807) is 17.0 Å². The summed E-state index contributed by atoms with van der Waals surface area (Å²) in [4.78, 5) is 18.8. The maximum absolute atomic E-state index is 12.5. The van der Waals surface area contributed by atoms with Gasteiger partial charge in [-0.2, -0.15) is 0 Å². The molecule has 0 unspecified atom stereocenters. The lowest BCUT2D eigenvalue weighted by Crippen LogP contribution is -2.31. The second kappa shape index (κ2) is 6.42. The van der Waals surface area contributed by atoms with E-state index in [0.717, 1.165) is 10.9 Å². The van der Waals surface area contributed by atoms with Gasteiger partial charge in [0, 0.05) is 30.4 Å². The highest BCUT2D eigenvalue weighted by molar-refractivity contribution is 6.31. The zero-order valence-electron chi connectivity index (χ0n) is 13.2. The molecule has 0 N–H and O–H groups in total. The van der Waals surface area contributed by atoms with Crippen molar-refractivity contribution in [3.8, 4) is 5.82 Å². The molecule has 0 aliphatic rings. The first-order chi connectivity index (χ1) is 11.1. The summed E-state index contributed by atoms with van der Waals surface area (Å²) >= 11 is 6.23. The highest BCUT2D eigenvalue weighted by Gasteiger charge is 2.16. The van der Waals surface area contributed by atoms with Crippen LogP contribution < -0.4 is 0 Å². The Morgan fingerprint density at radius 2 is 1.91 bits per heavy atom. The van der Waals surface area contributed by atoms with Crippen molar-refractivity contribution < 1.29 is 4.79 Å². The summed E-state index contributed by atoms with van der Waals surface area (Å²) in [5.41, 5.74) is 1.40. The third kappa shape index (κ3) is 2.94. The lowest BCUT2D eigenvalue weighted by atomic mass is 10.2. The van der Waals surface area contributed by atoms with Gasteiger partial charge in [0.2, 0.25) is 0 Å². The number of rotatable bonds is 4. The van der Waals surface area contributed by atoms with Crippen LogP contribution in [0.5, 0.6) is 0 Å². The van der Waals surface area contributed by atoms with Crippen molar-refractivity contribution in [2.24, 2.45) is 0 Å². The molecule has 0 saturated heterocycles. The van der Waals surface area contributed by atoms with Gasteiger partial charge >= 0.3 is 0 Å². The van der Waals surface area contributed by atoms with Crippen LogP contribution >= 0.6 is 11.6 Å². The van der Waals surface area contributed by atoms with Crippen molar-refractivity contribution in [3.05, 3.63) is 59.4 Å². The average Bonchev–Trinajstić information content (AvgIpc) is 2.99. The summed E-state index contributed by atoms with van der Waals surface area (Å²) in [5, 5.41) is 1.62. The van der Waals surface area contributed by atoms with E-state index in [-0.39, 0.29) is 5.91 Å². The lowest BCUT2D eigenvalue weighted by Gasteiger charge is -2.18. The van der Waals surface area contributed by atoms with Crippen LogP contribution in [0.4, 0.5) is 0 Å². The first kappa shape index (κ1) is 15.6. The largest absolute Gasteiger partial charge is 0.338 e. The molecule has 4 nitrogen and oxygen atoms in total. The van der Waals surface area contributed by atoms with Crippen LogP contribution in [0.1, 0.15) is 24.3 Å². The van der Waals surface area contributed by atoms with Gasteiger partial charge in [-0.15, -0.1) is 0 Å². The van der Waals surface area contributed by atoms with Crippen molar-refractivity contribution in [2.75, 3.05) is 13.1 Å². The molecule has 0 aliphatic heterocycles. The van der Waals surface area contributed by atoms with Crippen LogP contribution in [0.15, 0.2) is 48.7 Å². The SMILES string of the molecule is CCN(CC)C(=O)c1cc(Cl)cc(-n2ccc3ccccc32)n1. The molecule has 3 rings (SSSR count). The van der Waals surface area contributed by atoms with E-state index in [9.17, 15) is 4.79 Å². The molecule has 118 valence electrons. The number of fused-ring (bicyclic) bond motifs is 1. The summed E-state index contributed by atoms with van der Waals surface area (Å²) in [6.07, 6.45) is 1.94. The van der Waals surface area contributed by atoms with Crippen molar-refractivity contribution in [1.29, 1.82) is 0 Å². The minimum absolute atomic E-state index is 0.102. The molecule has 5 heteroatoms. The van der Waals surface area contributed by atoms with E-state index in [1.165, 1.54) is 0 Å². The number of carbonyl (C=O) groups is 1. The standard InChI is InChI=1S/C18H18ClN3O/c1-3-21(4-2)18(23)15-11-14(19)12-17(20-15)22-10-9-13-7-5-6-8-16(13)22/h5-12H,3-4H2,1-2H3. The summed E-state index contributed by atoms with van der Waals surface area (Å²) in [7, 11) is 0. The van der Waals surface area contributed by atoms with Gasteiger partial charge in [-0.05, 0) is 37.4 Å². The molecular weight excluding hydrogens is 310 g/mol. The highest BCUT2D eigenvalue weighted by atomic mass is 35.5. The first-order valence-corrected chi connectivity index (χ1v) is 8.05. The summed E-state index contributed by atoms with van der Waals surface area (Å²) in [5.74, 6) is 0.546. The molecule has 0 aliphatic carbocycles. The normalized spacial score (nSPS) is 10.9. The Morgan fingerprint density at radius 3 is 2.65 bits per heavy atom. The number of halogens is 1. The maximum Gasteiger partial charge on any atom is 0.272 e. The molecule has 3 aromatic rings. The van der Waals surface area contributed by atoms with Crippen molar-refractivity contribution in [3.63, 3.8) is 0 Å². The van der Waals surface area contributed by atoms with E-state index >= 15 is 0 Å². The Morgan fingerprint density at radius 1 is 1.17 bits per heavy atom. The number of aromatic nitrogens is 2. The van der Waals surface area contributed by atoms with Gasteiger partial charge in [0.1, 0.15) is 11.5 Å². The quantitative estimate of drug-likeness (QED) is 0.721. The van der Waals surface area contributed by atoms with Gasteiger partial charge in [0.05, 0.1) is 5.52 Å². The van der Waals surface area contributed by atoms with Gasteiger partial charge in [0.25, 0.3) is 5.91 Å². The summed E-state index contributed by atoms with van der Waals surface area (Å²) in [6.45, 7) is 5.19. The second-order valence-corrected chi connectivity index (χ2v) is 5.69. The first-order valence-electron chi connectivity index (χ1n) is 7.67. The van der Waals surface area contributed by atoms with Gasteiger partial charge in [-0.3, -0.25) is 4.79 Å². The molecule has 0 atom stereocenters. The Hall–Kier alpha value is -2.33. The van der Waals surface area contributed by atoms with Crippen LogP contribution in [0.2, 0.25) is 5.02 Å². The molecular formula is C18H18ClN3O. The van der Waals surface area contributed by atoms with Gasteiger partial charge < -0.3 is 9.47 Å². The molecule has 0 spiro atoms. The van der Waals surface area contributed by atoms with Crippen LogP contribution in [0.25, 0.3) is 16.7 Å². The van der Waals surface area contributed by atoms with Crippen LogP contribution in [-0.2, 0) is 0 Å². The summed E-state index contributed by atoms with van der Waals surface area (Å²) in [6, 6.07) is 13.4. The molecule has 0 radical (unpaired) electrons. The third-order valence-electron chi connectivity index (χ3n) is 3.89. The Kier molecular flexibility index (Phi) is 4.35. The third-order valence-corrected chi connectivity index (χ3v) is 4.11. The number of pyridine rings is 1. The van der Waals surface area contributed by atoms with Crippen LogP contribution in [0.3, 0.4) is 0 Å². The Bertz CT molecular complexity index is 852. The van der Waals surface area contributed by atoms with Crippen LogP contribution in [-0.4, -0.2) is 33.4 Å². The molecule has 0 bridgehead atoms. The number of para-hydroxylation sites is 1. The minimum atomic E-state index is -0.102. The van der Waals surface area contributed by atoms with E-state index in [1.807, 2.05) is 54.9 Å². The second-order valence-electron chi connectivity index (χ2n) is 5.25. The fourth-order valence-corrected chi connectivity index (χ4v) is 2.87. The van der Waals surface area contributed by atoms with E-state index in [2.05, 4.69) is 4.98 Å². The fourth-order valence-electron chi connectivity index (χ4n) is 2.67. The number of benzene rings is 1. The Labute approximate surface area is 140 Å². The zero-order valence-corrected chi connectivity index (χ0v) is 13.9.